The first-order chi connectivity index (χ1) is 17.6. The van der Waals surface area contributed by atoms with Gasteiger partial charge in [-0.15, -0.1) is 0 Å². The molecule has 0 fully saturated rings. The fourth-order valence-electron chi connectivity index (χ4n) is 3.93. The van der Waals surface area contributed by atoms with Gasteiger partial charge in [-0.1, -0.05) is 24.3 Å². The van der Waals surface area contributed by atoms with E-state index < -0.39 is 5.91 Å². The zero-order valence-electron chi connectivity index (χ0n) is 19.1. The predicted molar refractivity (Wildman–Crippen MR) is 137 cm³/mol. The molecule has 1 aliphatic rings. The zero-order chi connectivity index (χ0) is 24.9. The minimum atomic E-state index is -0.455. The quantitative estimate of drug-likeness (QED) is 0.353. The molecule has 1 aliphatic heterocycles. The van der Waals surface area contributed by atoms with Crippen LogP contribution in [0.2, 0.25) is 0 Å². The summed E-state index contributed by atoms with van der Waals surface area (Å²) in [4.78, 5) is 48.7. The summed E-state index contributed by atoms with van der Waals surface area (Å²) >= 11 is 0. The van der Waals surface area contributed by atoms with Crippen molar-refractivity contribution in [3.8, 4) is 0 Å². The second-order valence-corrected chi connectivity index (χ2v) is 8.16. The number of hydrogen-bond acceptors (Lipinski definition) is 5. The van der Waals surface area contributed by atoms with E-state index in [1.165, 1.54) is 17.0 Å². The van der Waals surface area contributed by atoms with Crippen LogP contribution in [-0.2, 0) is 11.3 Å². The molecule has 0 saturated heterocycles. The fourth-order valence-corrected chi connectivity index (χ4v) is 3.93. The fraction of sp³-hybridized carbons (Fsp3) is 0.0741. The van der Waals surface area contributed by atoms with E-state index in [1.807, 2.05) is 42.5 Å². The molecule has 9 heteroatoms. The highest BCUT2D eigenvalue weighted by molar-refractivity contribution is 6.34. The number of aromatic nitrogens is 4. The number of hydrogen-bond donors (Lipinski definition) is 3. The molecule has 36 heavy (non-hydrogen) atoms. The molecular formula is C27H22N6O3. The molecule has 0 saturated carbocycles. The minimum Gasteiger partial charge on any atom is -0.362 e. The number of nitrogens with zero attached hydrogens (tertiary/aromatic N) is 3. The van der Waals surface area contributed by atoms with Crippen molar-refractivity contribution in [1.82, 2.24) is 24.8 Å². The van der Waals surface area contributed by atoms with Crippen molar-refractivity contribution in [2.45, 2.75) is 6.54 Å². The molecule has 5 rings (SSSR count). The number of pyridine rings is 1. The molecule has 0 unspecified atom stereocenters. The summed E-state index contributed by atoms with van der Waals surface area (Å²) < 4.78 is 1.45. The van der Waals surface area contributed by atoms with Gasteiger partial charge in [-0.2, -0.15) is 0 Å². The van der Waals surface area contributed by atoms with Crippen LogP contribution in [0.5, 0.6) is 0 Å². The third kappa shape index (κ3) is 4.90. The molecule has 178 valence electrons. The Labute approximate surface area is 206 Å². The Morgan fingerprint density at radius 1 is 1.08 bits per heavy atom. The standard InChI is InChI=1S/C27H22N6O3/c34-25(22-6-3-11-33(27(22)36)16-19-14-28-17-29-15-19)31-10-1-4-18-7-8-21-23(13-20-5-2-9-30-20)26(35)32-24(21)12-18/h1-9,11-15,17,30H,10,16H2,(H,31,34)(H,32,35). The van der Waals surface area contributed by atoms with Crippen molar-refractivity contribution in [3.63, 3.8) is 0 Å². The average molecular weight is 479 g/mol. The molecule has 0 aliphatic carbocycles. The van der Waals surface area contributed by atoms with Crippen LogP contribution in [0, 0.1) is 0 Å². The summed E-state index contributed by atoms with van der Waals surface area (Å²) in [5.74, 6) is -0.607. The maximum absolute atomic E-state index is 12.7. The number of carbonyl (C=O) groups excluding carboxylic acids is 2. The van der Waals surface area contributed by atoms with E-state index in [2.05, 4.69) is 25.6 Å². The van der Waals surface area contributed by atoms with Gasteiger partial charge in [0.25, 0.3) is 17.4 Å². The van der Waals surface area contributed by atoms with Gasteiger partial charge in [0.1, 0.15) is 11.9 Å². The third-order valence-corrected chi connectivity index (χ3v) is 5.67. The maximum Gasteiger partial charge on any atom is 0.263 e. The lowest BCUT2D eigenvalue weighted by molar-refractivity contribution is -0.110. The number of benzene rings is 1. The lowest BCUT2D eigenvalue weighted by atomic mass is 10.0. The van der Waals surface area contributed by atoms with Gasteiger partial charge in [0, 0.05) is 53.8 Å². The normalized spacial score (nSPS) is 13.7. The third-order valence-electron chi connectivity index (χ3n) is 5.67. The van der Waals surface area contributed by atoms with Crippen LogP contribution < -0.4 is 16.2 Å². The number of rotatable bonds is 7. The molecule has 0 radical (unpaired) electrons. The summed E-state index contributed by atoms with van der Waals surface area (Å²) in [6, 6.07) is 12.6. The van der Waals surface area contributed by atoms with Crippen molar-refractivity contribution in [2.75, 3.05) is 11.9 Å². The van der Waals surface area contributed by atoms with Crippen molar-refractivity contribution in [2.24, 2.45) is 0 Å². The highest BCUT2D eigenvalue weighted by Gasteiger charge is 2.24. The van der Waals surface area contributed by atoms with Crippen molar-refractivity contribution >= 4 is 35.2 Å². The monoisotopic (exact) mass is 478 g/mol. The topological polar surface area (TPSA) is 122 Å². The predicted octanol–water partition coefficient (Wildman–Crippen LogP) is 2.95. The van der Waals surface area contributed by atoms with Crippen LogP contribution in [0.1, 0.15) is 32.7 Å². The first kappa shape index (κ1) is 22.7. The first-order valence-corrected chi connectivity index (χ1v) is 11.3. The van der Waals surface area contributed by atoms with Crippen molar-refractivity contribution < 1.29 is 9.59 Å². The minimum absolute atomic E-state index is 0.0596. The summed E-state index contributed by atoms with van der Waals surface area (Å²) in [7, 11) is 0. The molecule has 0 spiro atoms. The van der Waals surface area contributed by atoms with Gasteiger partial charge in [-0.3, -0.25) is 14.4 Å². The van der Waals surface area contributed by atoms with Crippen LogP contribution >= 0.6 is 0 Å². The smallest absolute Gasteiger partial charge is 0.263 e. The van der Waals surface area contributed by atoms with E-state index in [4.69, 9.17) is 0 Å². The number of aromatic amines is 1. The number of amides is 2. The molecule has 1 aromatic carbocycles. The van der Waals surface area contributed by atoms with Crippen molar-refractivity contribution in [1.29, 1.82) is 0 Å². The molecule has 0 atom stereocenters. The molecule has 3 aromatic heterocycles. The Kier molecular flexibility index (Phi) is 6.35. The highest BCUT2D eigenvalue weighted by Crippen LogP contribution is 2.33. The van der Waals surface area contributed by atoms with E-state index in [9.17, 15) is 14.4 Å². The number of anilines is 1. The Bertz CT molecular complexity index is 1540. The van der Waals surface area contributed by atoms with Gasteiger partial charge < -0.3 is 20.2 Å². The van der Waals surface area contributed by atoms with Crippen LogP contribution in [0.25, 0.3) is 17.7 Å². The molecule has 4 aromatic rings. The Morgan fingerprint density at radius 2 is 1.94 bits per heavy atom. The number of H-pyrrole nitrogens is 1. The summed E-state index contributed by atoms with van der Waals surface area (Å²) in [6.07, 6.45) is 13.5. The van der Waals surface area contributed by atoms with Crippen LogP contribution in [0.4, 0.5) is 5.69 Å². The second-order valence-electron chi connectivity index (χ2n) is 8.16. The van der Waals surface area contributed by atoms with E-state index in [0.717, 1.165) is 28.1 Å². The SMILES string of the molecule is O=C1Nc2cc(C=CCNC(=O)c3cccn(Cc4cncnc4)c3=O)ccc2C1=Cc1ccc[nH]1. The summed E-state index contributed by atoms with van der Waals surface area (Å²) in [5, 5.41) is 5.64. The van der Waals surface area contributed by atoms with Crippen LogP contribution in [0.3, 0.4) is 0 Å². The van der Waals surface area contributed by atoms with E-state index in [-0.39, 0.29) is 30.1 Å². The first-order valence-electron chi connectivity index (χ1n) is 11.3. The molecule has 2 amide bonds. The van der Waals surface area contributed by atoms with Crippen LogP contribution in [0.15, 0.2) is 84.4 Å². The molecule has 4 heterocycles. The molecule has 0 bridgehead atoms. The summed E-state index contributed by atoms with van der Waals surface area (Å²) in [6.45, 7) is 0.512. The molecule has 3 N–H and O–H groups in total. The lowest BCUT2D eigenvalue weighted by Gasteiger charge is -2.08. The second kappa shape index (κ2) is 10.1. The zero-order valence-corrected chi connectivity index (χ0v) is 19.1. The highest BCUT2D eigenvalue weighted by atomic mass is 16.2. The van der Waals surface area contributed by atoms with Gasteiger partial charge in [-0.05, 0) is 42.0 Å². The van der Waals surface area contributed by atoms with Gasteiger partial charge in [0.2, 0.25) is 0 Å². The Morgan fingerprint density at radius 3 is 2.75 bits per heavy atom. The number of carbonyl (C=O) groups is 2. The van der Waals surface area contributed by atoms with Crippen molar-refractivity contribution in [3.05, 3.63) is 118 Å². The van der Waals surface area contributed by atoms with Gasteiger partial charge >= 0.3 is 0 Å². The number of nitrogens with one attached hydrogen (secondary N) is 3. The lowest BCUT2D eigenvalue weighted by Crippen LogP contribution is -2.33. The maximum atomic E-state index is 12.7. The van der Waals surface area contributed by atoms with E-state index in [0.29, 0.717) is 5.57 Å². The number of fused-ring (bicyclic) bond motifs is 1. The molecule has 9 nitrogen and oxygen atoms in total. The largest absolute Gasteiger partial charge is 0.362 e. The van der Waals surface area contributed by atoms with E-state index >= 15 is 0 Å². The Balaban J connectivity index is 1.22. The average Bonchev–Trinajstić information content (AvgIpc) is 3.51. The van der Waals surface area contributed by atoms with Crippen LogP contribution in [-0.4, -0.2) is 37.9 Å². The Hall–Kier alpha value is -5.05. The van der Waals surface area contributed by atoms with Gasteiger partial charge in [-0.25, -0.2) is 9.97 Å². The van der Waals surface area contributed by atoms with E-state index in [1.54, 1.807) is 36.9 Å². The van der Waals surface area contributed by atoms with Gasteiger partial charge in [0.05, 0.1) is 12.1 Å². The van der Waals surface area contributed by atoms with Gasteiger partial charge in [0.15, 0.2) is 0 Å². The molecular weight excluding hydrogens is 456 g/mol. The summed E-state index contributed by atoms with van der Waals surface area (Å²) in [5.41, 5.74) is 4.33.